The zero-order valence-electron chi connectivity index (χ0n) is 16.9. The molecule has 150 valence electrons. The maximum atomic E-state index is 12.3. The zero-order valence-corrected chi connectivity index (χ0v) is 16.9. The standard InChI is InChI=1S/C23H34O4/c1-3-5-7-9-10-11-15-19-27-23(25)21-17-13-12-16-20(21)22(24)26-18-14-8-6-4-2/h6,8,12-13,16-17H,3-5,7,9-11,14-15,18-19H2,1-2H3/b8-6+. The second kappa shape index (κ2) is 15.0. The van der Waals surface area contributed by atoms with E-state index in [9.17, 15) is 9.59 Å². The van der Waals surface area contributed by atoms with E-state index >= 15 is 0 Å². The minimum atomic E-state index is -0.483. The molecule has 1 aromatic rings. The molecule has 0 heterocycles. The topological polar surface area (TPSA) is 52.6 Å². The normalized spacial score (nSPS) is 10.9. The van der Waals surface area contributed by atoms with Gasteiger partial charge in [-0.25, -0.2) is 9.59 Å². The van der Waals surface area contributed by atoms with Gasteiger partial charge in [0.15, 0.2) is 0 Å². The predicted molar refractivity (Wildman–Crippen MR) is 109 cm³/mol. The van der Waals surface area contributed by atoms with Crippen LogP contribution in [-0.4, -0.2) is 25.2 Å². The van der Waals surface area contributed by atoms with E-state index in [-0.39, 0.29) is 11.1 Å². The van der Waals surface area contributed by atoms with Crippen molar-refractivity contribution < 1.29 is 19.1 Å². The van der Waals surface area contributed by atoms with Gasteiger partial charge in [-0.3, -0.25) is 0 Å². The lowest BCUT2D eigenvalue weighted by Crippen LogP contribution is -2.14. The van der Waals surface area contributed by atoms with Gasteiger partial charge in [0.25, 0.3) is 0 Å². The molecule has 0 radical (unpaired) electrons. The minimum absolute atomic E-state index is 0.265. The lowest BCUT2D eigenvalue weighted by molar-refractivity contribution is 0.0457. The first-order chi connectivity index (χ1) is 13.2. The van der Waals surface area contributed by atoms with Crippen LogP contribution in [0.3, 0.4) is 0 Å². The number of unbranched alkanes of at least 4 members (excludes halogenated alkanes) is 6. The molecule has 0 aliphatic rings. The van der Waals surface area contributed by atoms with Crippen molar-refractivity contribution in [2.75, 3.05) is 13.2 Å². The number of benzene rings is 1. The van der Waals surface area contributed by atoms with Gasteiger partial charge in [-0.15, -0.1) is 0 Å². The Morgan fingerprint density at radius 2 is 1.33 bits per heavy atom. The highest BCUT2D eigenvalue weighted by atomic mass is 16.5. The van der Waals surface area contributed by atoms with E-state index in [1.165, 1.54) is 32.1 Å². The molecule has 0 aromatic heterocycles. The molecular weight excluding hydrogens is 340 g/mol. The third kappa shape index (κ3) is 9.97. The maximum absolute atomic E-state index is 12.3. The number of carbonyl (C=O) groups is 2. The smallest absolute Gasteiger partial charge is 0.339 e. The van der Waals surface area contributed by atoms with E-state index in [1.807, 2.05) is 12.2 Å². The zero-order chi connectivity index (χ0) is 19.7. The summed E-state index contributed by atoms with van der Waals surface area (Å²) in [4.78, 5) is 24.6. The number of esters is 2. The molecule has 0 amide bonds. The average molecular weight is 375 g/mol. The molecule has 0 aliphatic carbocycles. The molecule has 1 aromatic carbocycles. The van der Waals surface area contributed by atoms with Crippen molar-refractivity contribution in [3.63, 3.8) is 0 Å². The molecule has 0 saturated heterocycles. The predicted octanol–water partition coefficient (Wildman–Crippen LogP) is 6.11. The van der Waals surface area contributed by atoms with Crippen LogP contribution < -0.4 is 0 Å². The number of allylic oxidation sites excluding steroid dienone is 1. The molecular formula is C23H34O4. The minimum Gasteiger partial charge on any atom is -0.462 e. The van der Waals surface area contributed by atoms with Crippen LogP contribution in [0.5, 0.6) is 0 Å². The van der Waals surface area contributed by atoms with Crippen LogP contribution in [0.4, 0.5) is 0 Å². The molecule has 0 atom stereocenters. The van der Waals surface area contributed by atoms with E-state index in [1.54, 1.807) is 24.3 Å². The van der Waals surface area contributed by atoms with Crippen molar-refractivity contribution in [1.82, 2.24) is 0 Å². The highest BCUT2D eigenvalue weighted by Gasteiger charge is 2.18. The summed E-state index contributed by atoms with van der Waals surface area (Å²) >= 11 is 0. The molecule has 0 saturated carbocycles. The van der Waals surface area contributed by atoms with Crippen molar-refractivity contribution in [2.45, 2.75) is 71.6 Å². The van der Waals surface area contributed by atoms with Crippen LogP contribution in [0.1, 0.15) is 92.4 Å². The van der Waals surface area contributed by atoms with Gasteiger partial charge in [0.05, 0.1) is 24.3 Å². The molecule has 0 N–H and O–H groups in total. The highest BCUT2D eigenvalue weighted by Crippen LogP contribution is 2.13. The summed E-state index contributed by atoms with van der Waals surface area (Å²) in [5, 5.41) is 0. The Bertz CT molecular complexity index is 577. The Morgan fingerprint density at radius 1 is 0.778 bits per heavy atom. The number of carbonyl (C=O) groups excluding carboxylic acids is 2. The van der Waals surface area contributed by atoms with E-state index in [0.29, 0.717) is 19.6 Å². The molecule has 0 unspecified atom stereocenters. The first kappa shape index (κ1) is 22.9. The first-order valence-corrected chi connectivity index (χ1v) is 10.3. The Balaban J connectivity index is 2.39. The van der Waals surface area contributed by atoms with Crippen LogP contribution in [-0.2, 0) is 9.47 Å². The van der Waals surface area contributed by atoms with Crippen LogP contribution in [0.15, 0.2) is 36.4 Å². The lowest BCUT2D eigenvalue weighted by Gasteiger charge is -2.09. The Hall–Kier alpha value is -2.10. The number of rotatable bonds is 14. The van der Waals surface area contributed by atoms with E-state index in [2.05, 4.69) is 13.8 Å². The molecule has 0 aliphatic heterocycles. The Labute approximate surface area is 163 Å². The van der Waals surface area contributed by atoms with Gasteiger partial charge in [-0.2, -0.15) is 0 Å². The summed E-state index contributed by atoms with van der Waals surface area (Å²) in [6.45, 7) is 4.95. The van der Waals surface area contributed by atoms with Gasteiger partial charge in [0, 0.05) is 0 Å². The van der Waals surface area contributed by atoms with Crippen molar-refractivity contribution in [3.05, 3.63) is 47.5 Å². The van der Waals surface area contributed by atoms with Crippen LogP contribution in [0.25, 0.3) is 0 Å². The van der Waals surface area contributed by atoms with Crippen LogP contribution in [0.2, 0.25) is 0 Å². The number of hydrogen-bond acceptors (Lipinski definition) is 4. The second-order valence-corrected chi connectivity index (χ2v) is 6.61. The number of ether oxygens (including phenoxy) is 2. The third-order valence-corrected chi connectivity index (χ3v) is 4.27. The van der Waals surface area contributed by atoms with E-state index < -0.39 is 11.9 Å². The highest BCUT2D eigenvalue weighted by molar-refractivity contribution is 6.03. The fraction of sp³-hybridized carbons (Fsp3) is 0.565. The van der Waals surface area contributed by atoms with Crippen LogP contribution >= 0.6 is 0 Å². The summed E-state index contributed by atoms with van der Waals surface area (Å²) in [5.74, 6) is -0.942. The Kier molecular flexibility index (Phi) is 12.7. The number of hydrogen-bond donors (Lipinski definition) is 0. The Morgan fingerprint density at radius 3 is 1.93 bits per heavy atom. The molecule has 4 nitrogen and oxygen atoms in total. The van der Waals surface area contributed by atoms with E-state index in [0.717, 1.165) is 19.3 Å². The monoisotopic (exact) mass is 374 g/mol. The molecule has 1 rings (SSSR count). The van der Waals surface area contributed by atoms with Crippen molar-refractivity contribution >= 4 is 11.9 Å². The van der Waals surface area contributed by atoms with Gasteiger partial charge >= 0.3 is 11.9 Å². The average Bonchev–Trinajstić information content (AvgIpc) is 2.69. The molecule has 0 fully saturated rings. The molecule has 0 spiro atoms. The largest absolute Gasteiger partial charge is 0.462 e. The lowest BCUT2D eigenvalue weighted by atomic mass is 10.1. The van der Waals surface area contributed by atoms with Crippen LogP contribution in [0, 0.1) is 0 Å². The van der Waals surface area contributed by atoms with Crippen molar-refractivity contribution in [3.8, 4) is 0 Å². The summed E-state index contributed by atoms with van der Waals surface area (Å²) in [5.41, 5.74) is 0.538. The van der Waals surface area contributed by atoms with Gasteiger partial charge < -0.3 is 9.47 Å². The summed E-state index contributed by atoms with van der Waals surface area (Å²) in [6.07, 6.45) is 13.8. The van der Waals surface area contributed by atoms with Gasteiger partial charge in [0.1, 0.15) is 0 Å². The molecule has 4 heteroatoms. The van der Waals surface area contributed by atoms with Gasteiger partial charge in [-0.05, 0) is 31.4 Å². The fourth-order valence-corrected chi connectivity index (χ4v) is 2.72. The summed E-state index contributed by atoms with van der Waals surface area (Å²) in [7, 11) is 0. The van der Waals surface area contributed by atoms with Crippen molar-refractivity contribution in [1.29, 1.82) is 0 Å². The van der Waals surface area contributed by atoms with Crippen molar-refractivity contribution in [2.24, 2.45) is 0 Å². The fourth-order valence-electron chi connectivity index (χ4n) is 2.72. The van der Waals surface area contributed by atoms with Gasteiger partial charge in [-0.1, -0.05) is 76.7 Å². The van der Waals surface area contributed by atoms with Gasteiger partial charge in [0.2, 0.25) is 0 Å². The first-order valence-electron chi connectivity index (χ1n) is 10.3. The summed E-state index contributed by atoms with van der Waals surface area (Å²) in [6, 6.07) is 6.67. The third-order valence-electron chi connectivity index (χ3n) is 4.27. The van der Waals surface area contributed by atoms with E-state index in [4.69, 9.17) is 9.47 Å². The quantitative estimate of drug-likeness (QED) is 0.224. The second-order valence-electron chi connectivity index (χ2n) is 6.61. The SMILES string of the molecule is CC/C=C/CCOC(=O)c1ccccc1C(=O)OCCCCCCCCC. The molecule has 27 heavy (non-hydrogen) atoms. The maximum Gasteiger partial charge on any atom is 0.339 e. The molecule has 0 bridgehead atoms. The summed E-state index contributed by atoms with van der Waals surface area (Å²) < 4.78 is 10.6.